The van der Waals surface area contributed by atoms with Crippen molar-refractivity contribution in [2.45, 2.75) is 0 Å². The topological polar surface area (TPSA) is 47.4 Å². The van der Waals surface area contributed by atoms with E-state index in [2.05, 4.69) is 5.10 Å². The number of nitrogens with zero attached hydrogens (tertiary/aromatic N) is 3. The van der Waals surface area contributed by atoms with E-state index in [1.54, 1.807) is 27.9 Å². The number of carbonyl (C=O) groups excluding carboxylic acids is 1. The maximum absolute atomic E-state index is 11.8. The number of hydrogen-bond donors (Lipinski definition) is 0. The lowest BCUT2D eigenvalue weighted by molar-refractivity contribution is -0.129. The molecule has 2 heterocycles. The number of ether oxygens (including phenoxy) is 1. The van der Waals surface area contributed by atoms with E-state index in [-0.39, 0.29) is 5.91 Å². The molecule has 86 valence electrons. The standard InChI is InChI=1S/C11H15N3O2/c1-13-10(4-5-12-13)2-3-11(15)14-6-8-16-9-7-14/h2-5H,6-9H2,1H3. The van der Waals surface area contributed by atoms with Gasteiger partial charge in [0, 0.05) is 32.4 Å². The lowest BCUT2D eigenvalue weighted by atomic mass is 10.3. The van der Waals surface area contributed by atoms with Gasteiger partial charge in [0.1, 0.15) is 0 Å². The minimum atomic E-state index is 0.0319. The molecule has 0 bridgehead atoms. The Morgan fingerprint density at radius 2 is 2.25 bits per heavy atom. The number of hydrogen-bond acceptors (Lipinski definition) is 3. The first kappa shape index (κ1) is 10.9. The summed E-state index contributed by atoms with van der Waals surface area (Å²) in [6.45, 7) is 2.61. The van der Waals surface area contributed by atoms with Crippen molar-refractivity contribution in [3.05, 3.63) is 24.0 Å². The molecule has 1 fully saturated rings. The molecule has 1 amide bonds. The summed E-state index contributed by atoms with van der Waals surface area (Å²) in [6, 6.07) is 1.86. The van der Waals surface area contributed by atoms with Crippen molar-refractivity contribution in [1.82, 2.24) is 14.7 Å². The molecule has 0 radical (unpaired) electrons. The number of carbonyl (C=O) groups is 1. The average Bonchev–Trinajstić information content (AvgIpc) is 2.73. The zero-order valence-electron chi connectivity index (χ0n) is 9.30. The van der Waals surface area contributed by atoms with Crippen molar-refractivity contribution in [3.63, 3.8) is 0 Å². The molecule has 0 saturated carbocycles. The van der Waals surface area contributed by atoms with E-state index in [4.69, 9.17) is 4.74 Å². The van der Waals surface area contributed by atoms with Crippen LogP contribution in [0, 0.1) is 0 Å². The Morgan fingerprint density at radius 1 is 1.50 bits per heavy atom. The molecule has 1 aliphatic heterocycles. The average molecular weight is 221 g/mol. The highest BCUT2D eigenvalue weighted by atomic mass is 16.5. The minimum Gasteiger partial charge on any atom is -0.378 e. The summed E-state index contributed by atoms with van der Waals surface area (Å²) in [5.74, 6) is 0.0319. The van der Waals surface area contributed by atoms with E-state index < -0.39 is 0 Å². The number of aromatic nitrogens is 2. The van der Waals surface area contributed by atoms with Crippen LogP contribution in [0.15, 0.2) is 18.3 Å². The van der Waals surface area contributed by atoms with Crippen LogP contribution >= 0.6 is 0 Å². The van der Waals surface area contributed by atoms with Crippen molar-refractivity contribution in [3.8, 4) is 0 Å². The van der Waals surface area contributed by atoms with Crippen molar-refractivity contribution >= 4 is 12.0 Å². The Labute approximate surface area is 94.3 Å². The molecule has 0 N–H and O–H groups in total. The summed E-state index contributed by atoms with van der Waals surface area (Å²) < 4.78 is 6.91. The molecule has 16 heavy (non-hydrogen) atoms. The van der Waals surface area contributed by atoms with E-state index in [0.717, 1.165) is 5.69 Å². The van der Waals surface area contributed by atoms with Crippen LogP contribution in [0.1, 0.15) is 5.69 Å². The fourth-order valence-corrected chi connectivity index (χ4v) is 1.59. The lowest BCUT2D eigenvalue weighted by Gasteiger charge is -2.25. The number of rotatable bonds is 2. The summed E-state index contributed by atoms with van der Waals surface area (Å²) in [5.41, 5.74) is 0.918. The normalized spacial score (nSPS) is 16.9. The SMILES string of the molecule is Cn1nccc1C=CC(=O)N1CCOCC1. The molecule has 0 aliphatic carbocycles. The van der Waals surface area contributed by atoms with Crippen LogP contribution in [0.5, 0.6) is 0 Å². The molecule has 0 unspecified atom stereocenters. The molecule has 0 spiro atoms. The van der Waals surface area contributed by atoms with Gasteiger partial charge in [-0.1, -0.05) is 0 Å². The third kappa shape index (κ3) is 2.49. The molecule has 1 aromatic rings. The summed E-state index contributed by atoms with van der Waals surface area (Å²) in [7, 11) is 1.85. The van der Waals surface area contributed by atoms with Crippen LogP contribution in [-0.2, 0) is 16.6 Å². The second-order valence-electron chi connectivity index (χ2n) is 3.65. The van der Waals surface area contributed by atoms with Gasteiger partial charge in [-0.3, -0.25) is 9.48 Å². The number of morpholine rings is 1. The number of aryl methyl sites for hydroxylation is 1. The van der Waals surface area contributed by atoms with Crippen LogP contribution in [-0.4, -0.2) is 46.9 Å². The molecule has 0 aromatic carbocycles. The molecular weight excluding hydrogens is 206 g/mol. The summed E-state index contributed by atoms with van der Waals surface area (Å²) in [5, 5.41) is 4.03. The predicted octanol–water partition coefficient (Wildman–Crippen LogP) is 0.292. The summed E-state index contributed by atoms with van der Waals surface area (Å²) >= 11 is 0. The van der Waals surface area contributed by atoms with E-state index >= 15 is 0 Å². The molecular formula is C11H15N3O2. The van der Waals surface area contributed by atoms with E-state index in [1.165, 1.54) is 0 Å². The fraction of sp³-hybridized carbons (Fsp3) is 0.455. The molecule has 1 aromatic heterocycles. The second-order valence-corrected chi connectivity index (χ2v) is 3.65. The Hall–Kier alpha value is -1.62. The van der Waals surface area contributed by atoms with Gasteiger partial charge in [0.15, 0.2) is 0 Å². The van der Waals surface area contributed by atoms with Gasteiger partial charge in [0.25, 0.3) is 0 Å². The van der Waals surface area contributed by atoms with Crippen LogP contribution in [0.25, 0.3) is 6.08 Å². The molecule has 0 atom stereocenters. The Balaban J connectivity index is 1.96. The first-order valence-electron chi connectivity index (χ1n) is 5.30. The van der Waals surface area contributed by atoms with Crippen LogP contribution in [0.3, 0.4) is 0 Å². The first-order valence-corrected chi connectivity index (χ1v) is 5.30. The van der Waals surface area contributed by atoms with Crippen molar-refractivity contribution in [2.24, 2.45) is 7.05 Å². The monoisotopic (exact) mass is 221 g/mol. The Morgan fingerprint density at radius 3 is 2.88 bits per heavy atom. The van der Waals surface area contributed by atoms with Gasteiger partial charge in [-0.2, -0.15) is 5.10 Å². The van der Waals surface area contributed by atoms with E-state index in [1.807, 2.05) is 13.1 Å². The van der Waals surface area contributed by atoms with Crippen LogP contribution < -0.4 is 0 Å². The lowest BCUT2D eigenvalue weighted by Crippen LogP contribution is -2.39. The highest BCUT2D eigenvalue weighted by Crippen LogP contribution is 2.02. The van der Waals surface area contributed by atoms with Crippen molar-refractivity contribution in [2.75, 3.05) is 26.3 Å². The van der Waals surface area contributed by atoms with E-state index in [9.17, 15) is 4.79 Å². The molecule has 5 nitrogen and oxygen atoms in total. The molecule has 5 heteroatoms. The third-order valence-corrected chi connectivity index (χ3v) is 2.58. The maximum Gasteiger partial charge on any atom is 0.246 e. The largest absolute Gasteiger partial charge is 0.378 e. The minimum absolute atomic E-state index is 0.0319. The third-order valence-electron chi connectivity index (χ3n) is 2.58. The van der Waals surface area contributed by atoms with Gasteiger partial charge >= 0.3 is 0 Å². The highest BCUT2D eigenvalue weighted by Gasteiger charge is 2.13. The molecule has 2 rings (SSSR count). The first-order chi connectivity index (χ1) is 7.77. The summed E-state index contributed by atoms with van der Waals surface area (Å²) in [6.07, 6.45) is 5.08. The fourth-order valence-electron chi connectivity index (χ4n) is 1.59. The van der Waals surface area contributed by atoms with Gasteiger partial charge in [-0.15, -0.1) is 0 Å². The van der Waals surface area contributed by atoms with Gasteiger partial charge in [-0.05, 0) is 12.1 Å². The quantitative estimate of drug-likeness (QED) is 0.674. The Bertz CT molecular complexity index is 392. The van der Waals surface area contributed by atoms with Gasteiger partial charge < -0.3 is 9.64 Å². The number of amides is 1. The highest BCUT2D eigenvalue weighted by molar-refractivity contribution is 5.91. The zero-order chi connectivity index (χ0) is 11.4. The van der Waals surface area contributed by atoms with Gasteiger partial charge in [0.05, 0.1) is 18.9 Å². The van der Waals surface area contributed by atoms with Crippen LogP contribution in [0.2, 0.25) is 0 Å². The second kappa shape index (κ2) is 4.94. The molecule has 1 aliphatic rings. The maximum atomic E-state index is 11.8. The van der Waals surface area contributed by atoms with E-state index in [0.29, 0.717) is 26.3 Å². The molecule has 1 saturated heterocycles. The smallest absolute Gasteiger partial charge is 0.246 e. The van der Waals surface area contributed by atoms with Gasteiger partial charge in [0.2, 0.25) is 5.91 Å². The predicted molar refractivity (Wildman–Crippen MR) is 59.6 cm³/mol. The summed E-state index contributed by atoms with van der Waals surface area (Å²) in [4.78, 5) is 13.5. The van der Waals surface area contributed by atoms with Crippen molar-refractivity contribution < 1.29 is 9.53 Å². The van der Waals surface area contributed by atoms with Gasteiger partial charge in [-0.25, -0.2) is 0 Å². The zero-order valence-corrected chi connectivity index (χ0v) is 9.30. The Kier molecular flexibility index (Phi) is 3.36. The van der Waals surface area contributed by atoms with Crippen LogP contribution in [0.4, 0.5) is 0 Å². The van der Waals surface area contributed by atoms with Crippen molar-refractivity contribution in [1.29, 1.82) is 0 Å².